The number of carbonyl (C=O) groups excluding carboxylic acids is 2. The summed E-state index contributed by atoms with van der Waals surface area (Å²) in [5.74, 6) is -0.198. The third-order valence-electron chi connectivity index (χ3n) is 4.05. The molecular weight excluding hydrogens is 270 g/mol. The number of rotatable bonds is 2. The van der Waals surface area contributed by atoms with Crippen molar-refractivity contribution in [2.45, 2.75) is 57.7 Å². The van der Waals surface area contributed by atoms with Crippen LogP contribution in [0.25, 0.3) is 0 Å². The van der Waals surface area contributed by atoms with E-state index in [1.165, 1.54) is 0 Å². The Morgan fingerprint density at radius 3 is 2.62 bits per heavy atom. The van der Waals surface area contributed by atoms with Crippen molar-refractivity contribution in [2.24, 2.45) is 5.92 Å². The molecule has 1 spiro atoms. The Morgan fingerprint density at radius 1 is 1.48 bits per heavy atom. The number of piperidine rings is 1. The molecule has 0 bridgehead atoms. The molecule has 0 aromatic rings. The van der Waals surface area contributed by atoms with Gasteiger partial charge in [-0.05, 0) is 27.2 Å². The minimum absolute atomic E-state index is 0.0735. The van der Waals surface area contributed by atoms with E-state index in [4.69, 9.17) is 9.47 Å². The van der Waals surface area contributed by atoms with Gasteiger partial charge in [0.05, 0.1) is 5.92 Å². The first kappa shape index (κ1) is 15.9. The molecule has 0 aromatic heterocycles. The third-order valence-corrected chi connectivity index (χ3v) is 4.05. The Hall–Kier alpha value is -1.52. The number of ether oxygens (including phenoxy) is 2. The van der Waals surface area contributed by atoms with Crippen LogP contribution in [0.2, 0.25) is 0 Å². The Balaban J connectivity index is 1.90. The summed E-state index contributed by atoms with van der Waals surface area (Å²) in [6, 6.07) is 0. The van der Waals surface area contributed by atoms with Gasteiger partial charge in [-0.15, -0.1) is 6.58 Å². The monoisotopic (exact) mass is 295 g/mol. The van der Waals surface area contributed by atoms with E-state index in [1.807, 2.05) is 20.8 Å². The Kier molecular flexibility index (Phi) is 4.30. The second-order valence-corrected chi connectivity index (χ2v) is 7.00. The first-order chi connectivity index (χ1) is 9.75. The zero-order valence-electron chi connectivity index (χ0n) is 13.2. The number of hydrogen-bond acceptors (Lipinski definition) is 4. The Labute approximate surface area is 126 Å². The van der Waals surface area contributed by atoms with Crippen LogP contribution >= 0.6 is 0 Å². The van der Waals surface area contributed by atoms with Crippen molar-refractivity contribution in [3.63, 3.8) is 0 Å². The average molecular weight is 295 g/mol. The van der Waals surface area contributed by atoms with Crippen LogP contribution < -0.4 is 0 Å². The predicted octanol–water partition coefficient (Wildman–Crippen LogP) is 2.90. The molecule has 118 valence electrons. The van der Waals surface area contributed by atoms with Crippen LogP contribution in [0.4, 0.5) is 4.79 Å². The molecule has 0 aliphatic carbocycles. The van der Waals surface area contributed by atoms with E-state index in [2.05, 4.69) is 6.58 Å². The normalized spacial score (nSPS) is 24.8. The maximum absolute atomic E-state index is 12.0. The highest BCUT2D eigenvalue weighted by atomic mass is 16.6. The zero-order chi connectivity index (χ0) is 15.7. The summed E-state index contributed by atoms with van der Waals surface area (Å²) in [5, 5.41) is 0. The molecule has 21 heavy (non-hydrogen) atoms. The molecule has 1 atom stereocenters. The van der Waals surface area contributed by atoms with E-state index in [9.17, 15) is 9.59 Å². The van der Waals surface area contributed by atoms with Gasteiger partial charge in [0.25, 0.3) is 0 Å². The van der Waals surface area contributed by atoms with Crippen molar-refractivity contribution >= 4 is 12.1 Å². The summed E-state index contributed by atoms with van der Waals surface area (Å²) in [6.45, 7) is 10.4. The molecule has 2 aliphatic heterocycles. The molecule has 0 N–H and O–H groups in total. The Bertz CT molecular complexity index is 430. The van der Waals surface area contributed by atoms with Crippen molar-refractivity contribution in [1.29, 1.82) is 0 Å². The summed E-state index contributed by atoms with van der Waals surface area (Å²) in [6.07, 6.45) is 4.25. The second kappa shape index (κ2) is 5.70. The molecule has 2 rings (SSSR count). The van der Waals surface area contributed by atoms with Crippen LogP contribution in [0, 0.1) is 5.92 Å². The van der Waals surface area contributed by atoms with Gasteiger partial charge >= 0.3 is 12.1 Å². The molecule has 1 amide bonds. The van der Waals surface area contributed by atoms with Crippen molar-refractivity contribution in [1.82, 2.24) is 4.90 Å². The molecule has 0 saturated carbocycles. The highest BCUT2D eigenvalue weighted by molar-refractivity contribution is 5.75. The molecule has 2 aliphatic rings. The molecule has 0 aromatic carbocycles. The maximum Gasteiger partial charge on any atom is 0.410 e. The van der Waals surface area contributed by atoms with Crippen molar-refractivity contribution in [3.05, 3.63) is 12.7 Å². The lowest BCUT2D eigenvalue weighted by atomic mass is 9.84. The zero-order valence-corrected chi connectivity index (χ0v) is 13.2. The second-order valence-electron chi connectivity index (χ2n) is 7.00. The molecule has 2 fully saturated rings. The smallest absolute Gasteiger partial charge is 0.410 e. The summed E-state index contributed by atoms with van der Waals surface area (Å²) in [7, 11) is 0. The first-order valence-corrected chi connectivity index (χ1v) is 7.56. The number of amides is 1. The molecule has 5 heteroatoms. The number of nitrogens with zero attached hydrogens (tertiary/aromatic N) is 1. The summed E-state index contributed by atoms with van der Waals surface area (Å²) in [4.78, 5) is 25.6. The van der Waals surface area contributed by atoms with Gasteiger partial charge in [0.1, 0.15) is 11.2 Å². The lowest BCUT2D eigenvalue weighted by Gasteiger charge is -2.38. The number of allylic oxidation sites excluding steroid dienone is 1. The van der Waals surface area contributed by atoms with Gasteiger partial charge in [-0.3, -0.25) is 4.79 Å². The van der Waals surface area contributed by atoms with Crippen LogP contribution in [0.5, 0.6) is 0 Å². The molecule has 0 radical (unpaired) electrons. The Morgan fingerprint density at radius 2 is 2.10 bits per heavy atom. The molecule has 2 saturated heterocycles. The van der Waals surface area contributed by atoms with E-state index in [0.717, 1.165) is 6.42 Å². The van der Waals surface area contributed by atoms with E-state index >= 15 is 0 Å². The lowest BCUT2D eigenvalue weighted by molar-refractivity contribution is -0.153. The van der Waals surface area contributed by atoms with E-state index < -0.39 is 5.60 Å². The van der Waals surface area contributed by atoms with E-state index in [1.54, 1.807) is 11.0 Å². The van der Waals surface area contributed by atoms with Gasteiger partial charge < -0.3 is 14.4 Å². The quantitative estimate of drug-likeness (QED) is 0.580. The molecular formula is C16H25NO4. The van der Waals surface area contributed by atoms with Crippen LogP contribution in [-0.2, 0) is 14.3 Å². The molecule has 5 nitrogen and oxygen atoms in total. The predicted molar refractivity (Wildman–Crippen MR) is 78.8 cm³/mol. The first-order valence-electron chi connectivity index (χ1n) is 7.56. The van der Waals surface area contributed by atoms with Crippen molar-refractivity contribution in [3.8, 4) is 0 Å². The highest BCUT2D eigenvalue weighted by Gasteiger charge is 2.48. The fourth-order valence-electron chi connectivity index (χ4n) is 2.98. The SMILES string of the molecule is C=CCC1CC2(CCN(C(=O)OC(C)(C)C)CC2)OC1=O. The third kappa shape index (κ3) is 3.77. The number of carbonyl (C=O) groups is 2. The topological polar surface area (TPSA) is 55.8 Å². The van der Waals surface area contributed by atoms with Gasteiger partial charge in [0.15, 0.2) is 0 Å². The van der Waals surface area contributed by atoms with Gasteiger partial charge in [-0.25, -0.2) is 4.79 Å². The minimum atomic E-state index is -0.485. The molecule has 2 heterocycles. The summed E-state index contributed by atoms with van der Waals surface area (Å²) < 4.78 is 11.0. The van der Waals surface area contributed by atoms with Crippen LogP contribution in [0.3, 0.4) is 0 Å². The highest BCUT2D eigenvalue weighted by Crippen LogP contribution is 2.40. The van der Waals surface area contributed by atoms with Crippen LogP contribution in [0.1, 0.15) is 46.5 Å². The average Bonchev–Trinajstić information content (AvgIpc) is 2.65. The minimum Gasteiger partial charge on any atom is -0.459 e. The van der Waals surface area contributed by atoms with Crippen molar-refractivity contribution in [2.75, 3.05) is 13.1 Å². The van der Waals surface area contributed by atoms with Gasteiger partial charge in [0.2, 0.25) is 0 Å². The number of esters is 1. The molecule has 1 unspecified atom stereocenters. The van der Waals surface area contributed by atoms with Crippen molar-refractivity contribution < 1.29 is 19.1 Å². The fourth-order valence-corrected chi connectivity index (χ4v) is 2.98. The van der Waals surface area contributed by atoms with Crippen LogP contribution in [0.15, 0.2) is 12.7 Å². The maximum atomic E-state index is 12.0. The van der Waals surface area contributed by atoms with Gasteiger partial charge in [-0.2, -0.15) is 0 Å². The number of likely N-dealkylation sites (tertiary alicyclic amines) is 1. The van der Waals surface area contributed by atoms with Gasteiger partial charge in [0, 0.05) is 32.4 Å². The largest absolute Gasteiger partial charge is 0.459 e. The van der Waals surface area contributed by atoms with Crippen LogP contribution in [-0.4, -0.2) is 41.3 Å². The summed E-state index contributed by atoms with van der Waals surface area (Å²) in [5.41, 5.74) is -0.871. The standard InChI is InChI=1S/C16H25NO4/c1-5-6-12-11-16(20-13(12)18)7-9-17(10-8-16)14(19)21-15(2,3)4/h5,12H,1,6-11H2,2-4H3. The number of hydrogen-bond donors (Lipinski definition) is 0. The fraction of sp³-hybridized carbons (Fsp3) is 0.750. The lowest BCUT2D eigenvalue weighted by Crippen LogP contribution is -2.48. The van der Waals surface area contributed by atoms with E-state index in [0.29, 0.717) is 32.4 Å². The van der Waals surface area contributed by atoms with E-state index in [-0.39, 0.29) is 23.6 Å². The van der Waals surface area contributed by atoms with Gasteiger partial charge in [-0.1, -0.05) is 6.08 Å². The summed E-state index contributed by atoms with van der Waals surface area (Å²) >= 11 is 0.